The molecule has 10 rings (SSSR count). The Morgan fingerprint density at radius 2 is 1.49 bits per heavy atom. The number of aryl methyl sites for hydroxylation is 2. The lowest BCUT2D eigenvalue weighted by Crippen LogP contribution is -2.62. The third kappa shape index (κ3) is 12.7. The molecule has 0 radical (unpaired) electrons. The molecule has 2 aromatic heterocycles. The molecule has 23 nitrogen and oxygen atoms in total. The maximum atomic E-state index is 15.2. The monoisotopic (exact) mass is 1170 g/mol. The van der Waals surface area contributed by atoms with Crippen LogP contribution in [0.1, 0.15) is 127 Å². The normalized spacial score (nSPS) is 21.5. The first-order valence-electron chi connectivity index (χ1n) is 28.4. The van der Waals surface area contributed by atoms with Crippen LogP contribution in [0.3, 0.4) is 0 Å². The predicted octanol–water partition coefficient (Wildman–Crippen LogP) is 3.90. The number of aromatic amines is 1. The number of benzene rings is 4. The highest BCUT2D eigenvalue weighted by atomic mass is 31.2. The number of amides is 8. The van der Waals surface area contributed by atoms with Crippen LogP contribution in [-0.2, 0) is 51.6 Å². The second-order valence-corrected chi connectivity index (χ2v) is 24.0. The van der Waals surface area contributed by atoms with E-state index < -0.39 is 84.8 Å². The lowest BCUT2D eigenvalue weighted by Gasteiger charge is -2.40. The van der Waals surface area contributed by atoms with Crippen LogP contribution < -0.4 is 32.7 Å². The summed E-state index contributed by atoms with van der Waals surface area (Å²) in [6.45, 7) is -0.0563. The Hall–Kier alpha value is -8.53. The maximum Gasteiger partial charge on any atom is 0.396 e. The number of nitrogens with two attached hydrogens (primary N) is 1. The number of carbonyl (C=O) groups is 9. The molecule has 8 amide bonds. The van der Waals surface area contributed by atoms with E-state index in [1.807, 2.05) is 78.9 Å². The zero-order valence-electron chi connectivity index (χ0n) is 46.2. The van der Waals surface area contributed by atoms with E-state index in [2.05, 4.69) is 26.3 Å². The van der Waals surface area contributed by atoms with Gasteiger partial charge in [-0.1, -0.05) is 66.7 Å². The van der Waals surface area contributed by atoms with Crippen molar-refractivity contribution in [3.8, 4) is 0 Å². The van der Waals surface area contributed by atoms with Crippen LogP contribution in [0.25, 0.3) is 21.9 Å². The summed E-state index contributed by atoms with van der Waals surface area (Å²) < 4.78 is 14.8. The summed E-state index contributed by atoms with van der Waals surface area (Å²) in [4.78, 5) is 161. The summed E-state index contributed by atoms with van der Waals surface area (Å²) in [6, 6.07) is 23.6. The van der Waals surface area contributed by atoms with E-state index in [-0.39, 0.29) is 91.2 Å². The predicted molar refractivity (Wildman–Crippen MR) is 306 cm³/mol. The molecular formula is C60H67N10O13P. The third-order valence-corrected chi connectivity index (χ3v) is 17.9. The van der Waals surface area contributed by atoms with Crippen molar-refractivity contribution in [3.05, 3.63) is 142 Å². The molecule has 4 aliphatic rings. The minimum Gasteiger partial charge on any atom is -0.370 e. The molecule has 84 heavy (non-hydrogen) atoms. The molecule has 5 atom stereocenters. The first kappa shape index (κ1) is 58.7. The minimum atomic E-state index is -5.13. The Kier molecular flexibility index (Phi) is 17.3. The van der Waals surface area contributed by atoms with E-state index in [4.69, 9.17) is 5.73 Å². The van der Waals surface area contributed by atoms with E-state index >= 15 is 4.79 Å². The van der Waals surface area contributed by atoms with E-state index in [9.17, 15) is 57.5 Å². The summed E-state index contributed by atoms with van der Waals surface area (Å²) >= 11 is 0. The van der Waals surface area contributed by atoms with Crippen molar-refractivity contribution >= 4 is 82.3 Å². The number of carbonyl (C=O) groups excluding carboxylic acids is 9. The zero-order valence-corrected chi connectivity index (χ0v) is 47.1. The fourth-order valence-corrected chi connectivity index (χ4v) is 13.0. The van der Waals surface area contributed by atoms with Crippen molar-refractivity contribution < 1.29 is 57.5 Å². The zero-order chi connectivity index (χ0) is 59.6. The van der Waals surface area contributed by atoms with Gasteiger partial charge in [0.15, 0.2) is 0 Å². The smallest absolute Gasteiger partial charge is 0.370 e. The van der Waals surface area contributed by atoms with Crippen molar-refractivity contribution in [1.29, 1.82) is 0 Å². The molecule has 440 valence electrons. The Labute approximate surface area is 482 Å². The van der Waals surface area contributed by atoms with Gasteiger partial charge in [0.05, 0.1) is 17.1 Å². The molecular weight excluding hydrogens is 1100 g/mol. The molecule has 3 aliphatic heterocycles. The highest BCUT2D eigenvalue weighted by Crippen LogP contribution is 2.40. The largest absolute Gasteiger partial charge is 0.396 e. The number of nitrogens with zero attached hydrogens (tertiary/aromatic N) is 4. The Balaban J connectivity index is 0.847. The molecule has 1 aliphatic carbocycles. The number of hydrogen-bond acceptors (Lipinski definition) is 11. The molecule has 24 heteroatoms. The SMILES string of the molecule is Cn1c(=O)n(C2CCC(=O)NC2=O)c2ccc(CCC3CCC(C(=O)N4CCC5CC[C@@H](C(=O)N[C@@H](CCC(N)=O)C(=O)NC(c6ccccc6)c6ccccc6)N5C(=O)[C@@H](NC(=O)c5cc6cc(C(=O)P(=O)(O)O)ccc6[nH]5)C4)CC3)cc21. The molecule has 2 unspecified atom stereocenters. The van der Waals surface area contributed by atoms with Gasteiger partial charge >= 0.3 is 13.3 Å². The lowest BCUT2D eigenvalue weighted by atomic mass is 9.79. The highest BCUT2D eigenvalue weighted by molar-refractivity contribution is 7.70. The Morgan fingerprint density at radius 3 is 2.15 bits per heavy atom. The average molecular weight is 1170 g/mol. The molecule has 5 heterocycles. The van der Waals surface area contributed by atoms with Gasteiger partial charge in [-0.2, -0.15) is 0 Å². The molecule has 1 saturated carbocycles. The van der Waals surface area contributed by atoms with Crippen LogP contribution in [0, 0.1) is 11.8 Å². The summed E-state index contributed by atoms with van der Waals surface area (Å²) in [5, 5.41) is 11.3. The summed E-state index contributed by atoms with van der Waals surface area (Å²) in [7, 11) is -3.48. The number of nitrogens with one attached hydrogen (secondary N) is 5. The fraction of sp³-hybridized carbons (Fsp3) is 0.400. The van der Waals surface area contributed by atoms with Gasteiger partial charge in [-0.25, -0.2) is 4.79 Å². The van der Waals surface area contributed by atoms with Gasteiger partial charge in [-0.3, -0.25) is 62.2 Å². The summed E-state index contributed by atoms with van der Waals surface area (Å²) in [6.07, 6.45) is 5.02. The number of H-pyrrole nitrogens is 1. The number of hydrogen-bond donors (Lipinski definition) is 8. The van der Waals surface area contributed by atoms with E-state index in [0.717, 1.165) is 36.0 Å². The molecule has 6 aromatic rings. The third-order valence-electron chi connectivity index (χ3n) is 17.1. The molecule has 0 bridgehead atoms. The summed E-state index contributed by atoms with van der Waals surface area (Å²) in [5.74, 6) is -4.49. The van der Waals surface area contributed by atoms with Gasteiger partial charge in [0.1, 0.15) is 29.9 Å². The maximum absolute atomic E-state index is 15.2. The molecule has 9 N–H and O–H groups in total. The molecule has 4 fully saturated rings. The standard InChI is InChI=1S/C60H67N10O13P/c1-67-49-30-35(16-23-46(49)70(60(67)80)48-25-27-51(72)65-56(48)76)13-12-34-14-17-38(18-15-34)57(77)68-29-28-41-20-24-47(55(75)63-43(22-26-50(61)71)53(73)66-52(36-8-4-2-5-9-36)37-10-6-3-7-11-37)69(41)58(78)45(33-68)64-54(74)44-32-40-31-39(19-21-42(40)62-44)59(79)84(81,82)83/h2-11,16,19,21,23,30-32,34,38,41,43,45,47-48,52,62H,12-15,17-18,20,22,24-29,33H2,1H3,(H2,61,71)(H,63,75)(H,64,74)(H,66,73)(H,65,72,76)(H2,81,82,83)/t34?,38?,41?,43-,45-,47-,48?/m0/s1. The molecule has 3 saturated heterocycles. The van der Waals surface area contributed by atoms with Crippen molar-refractivity contribution in [2.75, 3.05) is 13.1 Å². The second-order valence-electron chi connectivity index (χ2n) is 22.5. The lowest BCUT2D eigenvalue weighted by molar-refractivity contribution is -0.147. The summed E-state index contributed by atoms with van der Waals surface area (Å²) in [5.41, 5.74) is 7.64. The van der Waals surface area contributed by atoms with Gasteiger partial charge in [0, 0.05) is 61.4 Å². The number of fused-ring (bicyclic) bond motifs is 3. The van der Waals surface area contributed by atoms with Crippen molar-refractivity contribution in [2.24, 2.45) is 24.6 Å². The van der Waals surface area contributed by atoms with Crippen LogP contribution in [0.15, 0.2) is 108 Å². The Bertz CT molecular complexity index is 3640. The highest BCUT2D eigenvalue weighted by Gasteiger charge is 2.47. The topological polar surface area (TPSA) is 335 Å². The van der Waals surface area contributed by atoms with Gasteiger partial charge in [0.25, 0.3) is 11.4 Å². The average Bonchev–Trinajstić information content (AvgIpc) is 4.38. The van der Waals surface area contributed by atoms with Gasteiger partial charge in [0.2, 0.25) is 41.4 Å². The van der Waals surface area contributed by atoms with Gasteiger partial charge in [-0.05, 0) is 130 Å². The van der Waals surface area contributed by atoms with E-state index in [1.54, 1.807) is 11.9 Å². The van der Waals surface area contributed by atoms with Gasteiger partial charge < -0.3 is 46.3 Å². The van der Waals surface area contributed by atoms with Crippen molar-refractivity contribution in [1.82, 2.24) is 45.2 Å². The van der Waals surface area contributed by atoms with Crippen LogP contribution in [0.2, 0.25) is 0 Å². The van der Waals surface area contributed by atoms with Gasteiger partial charge in [-0.15, -0.1) is 0 Å². The number of rotatable bonds is 18. The minimum absolute atomic E-state index is 0.0636. The van der Waals surface area contributed by atoms with Crippen LogP contribution in [-0.4, -0.2) is 124 Å². The number of aromatic nitrogens is 3. The van der Waals surface area contributed by atoms with Crippen molar-refractivity contribution in [3.63, 3.8) is 0 Å². The Morgan fingerprint density at radius 1 is 0.786 bits per heavy atom. The second kappa shape index (κ2) is 24.7. The van der Waals surface area contributed by atoms with Crippen LogP contribution in [0.4, 0.5) is 0 Å². The number of imide groups is 1. The van der Waals surface area contributed by atoms with Crippen LogP contribution in [0.5, 0.6) is 0 Å². The van der Waals surface area contributed by atoms with E-state index in [0.29, 0.717) is 48.7 Å². The number of primary amides is 1. The number of piperidine rings is 1. The molecule has 4 aromatic carbocycles. The number of imidazole rings is 1. The molecule has 0 spiro atoms. The fourth-order valence-electron chi connectivity index (χ4n) is 12.6. The first-order valence-corrected chi connectivity index (χ1v) is 30.0. The van der Waals surface area contributed by atoms with Crippen LogP contribution >= 0.6 is 7.60 Å². The van der Waals surface area contributed by atoms with E-state index in [1.165, 1.54) is 38.3 Å². The van der Waals surface area contributed by atoms with Crippen molar-refractivity contribution in [2.45, 2.75) is 120 Å². The quantitative estimate of drug-likeness (QED) is 0.0448. The first-order chi connectivity index (χ1) is 40.2.